The van der Waals surface area contributed by atoms with Crippen LogP contribution in [-0.2, 0) is 26.0 Å². The second kappa shape index (κ2) is 11.1. The fourth-order valence-electron chi connectivity index (χ4n) is 3.30. The summed E-state index contributed by atoms with van der Waals surface area (Å²) in [6.07, 6.45) is 0.612. The Hall–Kier alpha value is -4.21. The van der Waals surface area contributed by atoms with Crippen LogP contribution in [0.1, 0.15) is 32.0 Å². The second-order valence-corrected chi connectivity index (χ2v) is 6.85. The highest BCUT2D eigenvalue weighted by Crippen LogP contribution is 2.39. The molecule has 3 rings (SSSR count). The van der Waals surface area contributed by atoms with Crippen molar-refractivity contribution < 1.29 is 38.1 Å². The van der Waals surface area contributed by atoms with E-state index in [0.717, 1.165) is 4.57 Å². The number of rotatable bonds is 7. The molecule has 0 radical (unpaired) electrons. The molecule has 0 aliphatic rings. The molecule has 3 aromatic rings. The van der Waals surface area contributed by atoms with Gasteiger partial charge in [0.05, 0.1) is 30.9 Å². The molecule has 10 nitrogen and oxygen atoms in total. The minimum Gasteiger partial charge on any atom is -0.449 e. The lowest BCUT2D eigenvalue weighted by Gasteiger charge is -2.13. The largest absolute Gasteiger partial charge is 0.515 e. The number of aromatic nitrogens is 2. The Kier molecular flexibility index (Phi) is 7.96. The molecule has 180 valence electrons. The molecule has 0 spiro atoms. The third-order valence-electron chi connectivity index (χ3n) is 4.69. The normalized spacial score (nSPS) is 11.2. The summed E-state index contributed by atoms with van der Waals surface area (Å²) < 4.78 is 29.0. The monoisotopic (exact) mass is 470 g/mol. The van der Waals surface area contributed by atoms with E-state index in [4.69, 9.17) is 23.7 Å². The molecule has 0 saturated heterocycles. The van der Waals surface area contributed by atoms with E-state index < -0.39 is 18.4 Å². The number of hydrogen-bond acceptors (Lipinski definition) is 8. The number of carbonyl (C=O) groups is 3. The van der Waals surface area contributed by atoms with Crippen molar-refractivity contribution in [1.82, 2.24) is 9.13 Å². The van der Waals surface area contributed by atoms with E-state index in [1.165, 1.54) is 0 Å². The van der Waals surface area contributed by atoms with Crippen LogP contribution in [0.3, 0.4) is 0 Å². The molecular formula is C24H26N2O8. The summed E-state index contributed by atoms with van der Waals surface area (Å²) in [5, 5.41) is 0.472. The van der Waals surface area contributed by atoms with Crippen molar-refractivity contribution in [3.05, 3.63) is 53.9 Å². The van der Waals surface area contributed by atoms with Crippen molar-refractivity contribution in [2.45, 2.75) is 20.8 Å². The van der Waals surface area contributed by atoms with Crippen LogP contribution in [0.2, 0.25) is 0 Å². The number of benzene rings is 1. The number of fused-ring (bicyclic) bond motifs is 1. The molecule has 0 unspecified atom stereocenters. The van der Waals surface area contributed by atoms with Crippen LogP contribution in [0.5, 0.6) is 5.88 Å². The summed E-state index contributed by atoms with van der Waals surface area (Å²) in [7, 11) is 1.81. The maximum absolute atomic E-state index is 12.9. The Bertz CT molecular complexity index is 1220. The van der Waals surface area contributed by atoms with Gasteiger partial charge < -0.3 is 28.3 Å². The number of ether oxygens (including phenoxy) is 5. The molecule has 0 aliphatic heterocycles. The van der Waals surface area contributed by atoms with Gasteiger partial charge in [0.1, 0.15) is 5.76 Å². The van der Waals surface area contributed by atoms with Gasteiger partial charge in [0.25, 0.3) is 0 Å². The van der Waals surface area contributed by atoms with Gasteiger partial charge in [0.2, 0.25) is 5.88 Å². The molecule has 0 atom stereocenters. The van der Waals surface area contributed by atoms with E-state index >= 15 is 0 Å². The van der Waals surface area contributed by atoms with Gasteiger partial charge in [-0.15, -0.1) is 0 Å². The van der Waals surface area contributed by atoms with Gasteiger partial charge in [-0.05, 0) is 39.0 Å². The Labute approximate surface area is 196 Å². The molecule has 0 aliphatic carbocycles. The number of hydrogen-bond donors (Lipinski definition) is 0. The third-order valence-corrected chi connectivity index (χ3v) is 4.69. The third kappa shape index (κ3) is 5.22. The highest BCUT2D eigenvalue weighted by molar-refractivity contribution is 6.04. The number of nitrogens with zero attached hydrogens (tertiary/aromatic N) is 2. The van der Waals surface area contributed by atoms with Gasteiger partial charge in [-0.3, -0.25) is 0 Å². The Morgan fingerprint density at radius 2 is 1.56 bits per heavy atom. The first-order valence-electron chi connectivity index (χ1n) is 10.7. The fourth-order valence-corrected chi connectivity index (χ4v) is 3.30. The van der Waals surface area contributed by atoms with Crippen LogP contribution in [0, 0.1) is 0 Å². The lowest BCUT2D eigenvalue weighted by Crippen LogP contribution is -2.19. The lowest BCUT2D eigenvalue weighted by molar-refractivity contribution is 0.0951. The van der Waals surface area contributed by atoms with Gasteiger partial charge >= 0.3 is 18.4 Å². The van der Waals surface area contributed by atoms with Crippen molar-refractivity contribution in [3.8, 4) is 5.88 Å². The van der Waals surface area contributed by atoms with Crippen molar-refractivity contribution in [3.63, 3.8) is 0 Å². The zero-order chi connectivity index (χ0) is 24.7. The summed E-state index contributed by atoms with van der Waals surface area (Å²) in [6.45, 7) is 5.15. The minimum absolute atomic E-state index is 0.00111. The maximum atomic E-state index is 12.9. The van der Waals surface area contributed by atoms with Crippen LogP contribution < -0.4 is 4.74 Å². The topological polar surface area (TPSA) is 107 Å². The minimum atomic E-state index is -1.04. The van der Waals surface area contributed by atoms with Crippen molar-refractivity contribution in [2.24, 2.45) is 7.05 Å². The van der Waals surface area contributed by atoms with Gasteiger partial charge in [0.15, 0.2) is 0 Å². The van der Waals surface area contributed by atoms with Crippen molar-refractivity contribution in [1.29, 1.82) is 0 Å². The van der Waals surface area contributed by atoms with Gasteiger partial charge in [-0.25, -0.2) is 19.0 Å². The molecule has 1 aromatic carbocycles. The van der Waals surface area contributed by atoms with E-state index in [2.05, 4.69) is 0 Å². The lowest BCUT2D eigenvalue weighted by atomic mass is 10.1. The predicted octanol–water partition coefficient (Wildman–Crippen LogP) is 5.19. The van der Waals surface area contributed by atoms with E-state index in [0.29, 0.717) is 16.6 Å². The summed E-state index contributed by atoms with van der Waals surface area (Å²) in [4.78, 5) is 37.6. The number of carbonyl (C=O) groups excluding carboxylic acids is 3. The van der Waals surface area contributed by atoms with E-state index in [1.54, 1.807) is 61.7 Å². The first-order valence-corrected chi connectivity index (χ1v) is 10.7. The number of para-hydroxylation sites is 1. The quantitative estimate of drug-likeness (QED) is 0.264. The first kappa shape index (κ1) is 24.4. The molecule has 2 heterocycles. The van der Waals surface area contributed by atoms with Crippen LogP contribution in [0.15, 0.2) is 42.6 Å². The highest BCUT2D eigenvalue weighted by atomic mass is 16.7. The molecule has 0 bridgehead atoms. The summed E-state index contributed by atoms with van der Waals surface area (Å²) in [5.74, 6) is -0.221. The van der Waals surface area contributed by atoms with E-state index in [1.807, 2.05) is 19.3 Å². The molecule has 34 heavy (non-hydrogen) atoms. The van der Waals surface area contributed by atoms with Crippen molar-refractivity contribution in [2.75, 3.05) is 19.8 Å². The SMILES string of the molecule is CCOC(=O)O/C(=C/c1cccn1C)c1c(OC(=O)OCC)n(C(=O)OCC)c2ccccc12. The van der Waals surface area contributed by atoms with E-state index in [9.17, 15) is 14.4 Å². The standard InChI is InChI=1S/C24H26N2O8/c1-5-30-22(27)26-18-13-9-8-12-17(18)20(21(26)34-24(29)32-7-3)19(33-23(28)31-6-2)15-16-11-10-14-25(16)4/h8-15H,5-7H2,1-4H3/b19-15+. The molecule has 0 amide bonds. The average molecular weight is 470 g/mol. The smallest absolute Gasteiger partial charge is 0.449 e. The molecule has 10 heteroatoms. The molecule has 0 fully saturated rings. The summed E-state index contributed by atoms with van der Waals surface area (Å²) in [5.41, 5.74) is 1.22. The van der Waals surface area contributed by atoms with Crippen LogP contribution in [0.25, 0.3) is 22.7 Å². The highest BCUT2D eigenvalue weighted by Gasteiger charge is 2.30. The summed E-state index contributed by atoms with van der Waals surface area (Å²) in [6, 6.07) is 10.4. The Balaban J connectivity index is 2.33. The van der Waals surface area contributed by atoms with Gasteiger partial charge in [-0.1, -0.05) is 18.2 Å². The molecule has 0 saturated carbocycles. The molecular weight excluding hydrogens is 444 g/mol. The molecule has 2 aromatic heterocycles. The van der Waals surface area contributed by atoms with E-state index in [-0.39, 0.29) is 37.0 Å². The van der Waals surface area contributed by atoms with Crippen LogP contribution in [-0.4, -0.2) is 47.4 Å². The zero-order valence-corrected chi connectivity index (χ0v) is 19.4. The fraction of sp³-hybridized carbons (Fsp3) is 0.292. The average Bonchev–Trinajstić information content (AvgIpc) is 3.34. The zero-order valence-electron chi connectivity index (χ0n) is 19.4. The molecule has 0 N–H and O–H groups in total. The Morgan fingerprint density at radius 1 is 0.882 bits per heavy atom. The second-order valence-electron chi connectivity index (χ2n) is 6.85. The maximum Gasteiger partial charge on any atom is 0.515 e. The van der Waals surface area contributed by atoms with Gasteiger partial charge in [0, 0.05) is 30.4 Å². The summed E-state index contributed by atoms with van der Waals surface area (Å²) >= 11 is 0. The number of aryl methyl sites for hydroxylation is 1. The van der Waals surface area contributed by atoms with Crippen molar-refractivity contribution >= 4 is 41.1 Å². The van der Waals surface area contributed by atoms with Crippen LogP contribution >= 0.6 is 0 Å². The first-order chi connectivity index (χ1) is 16.4. The predicted molar refractivity (Wildman–Crippen MR) is 123 cm³/mol. The van der Waals surface area contributed by atoms with Gasteiger partial charge in [-0.2, -0.15) is 0 Å². The van der Waals surface area contributed by atoms with Crippen LogP contribution in [0.4, 0.5) is 14.4 Å². The Morgan fingerprint density at radius 3 is 2.21 bits per heavy atom.